The first-order chi connectivity index (χ1) is 26.3. The molecule has 5 aliphatic rings. The van der Waals surface area contributed by atoms with Crippen molar-refractivity contribution in [1.29, 1.82) is 0 Å². The number of methoxy groups -OCH3 is 1. The highest BCUT2D eigenvalue weighted by molar-refractivity contribution is 6.32. The maximum absolute atomic E-state index is 13.6. The van der Waals surface area contributed by atoms with Crippen molar-refractivity contribution in [3.8, 4) is 5.75 Å². The van der Waals surface area contributed by atoms with Gasteiger partial charge in [-0.05, 0) is 86.7 Å². The van der Waals surface area contributed by atoms with Crippen molar-refractivity contribution in [2.45, 2.75) is 56.1 Å². The maximum Gasteiger partial charge on any atom is 0.249 e. The minimum atomic E-state index is -0.392. The summed E-state index contributed by atoms with van der Waals surface area (Å²) in [5.41, 5.74) is 4.80. The van der Waals surface area contributed by atoms with Crippen LogP contribution in [0.2, 0.25) is 5.02 Å². The average Bonchev–Trinajstić information content (AvgIpc) is 3.18. The van der Waals surface area contributed by atoms with Gasteiger partial charge in [-0.3, -0.25) is 24.6 Å². The topological polar surface area (TPSA) is 144 Å². The van der Waals surface area contributed by atoms with Gasteiger partial charge >= 0.3 is 0 Å². The van der Waals surface area contributed by atoms with Gasteiger partial charge in [0.1, 0.15) is 16.8 Å². The largest absolute Gasteiger partial charge is 0.494 e. The molecule has 13 nitrogen and oxygen atoms in total. The number of para-hydroxylation sites is 1. The van der Waals surface area contributed by atoms with Crippen molar-refractivity contribution in [2.24, 2.45) is 0 Å². The number of rotatable bonds is 11. The number of fused-ring (bicyclic) bond motifs is 2. The number of carbonyl (C=O) groups excluding carboxylic acids is 3. The second-order valence-corrected chi connectivity index (χ2v) is 14.9. The van der Waals surface area contributed by atoms with E-state index in [1.807, 2.05) is 54.6 Å². The van der Waals surface area contributed by atoms with Gasteiger partial charge in [0.05, 0.1) is 37.6 Å². The molecular formula is C40H44ClN9O4. The number of likely N-dealkylation sites (tertiary alicyclic amines) is 1. The van der Waals surface area contributed by atoms with Crippen LogP contribution in [0.5, 0.6) is 5.75 Å². The first-order valence-corrected chi connectivity index (χ1v) is 19.0. The zero-order chi connectivity index (χ0) is 37.2. The molecule has 9 rings (SSSR count). The van der Waals surface area contributed by atoms with Gasteiger partial charge in [-0.15, -0.1) is 0 Å². The summed E-state index contributed by atoms with van der Waals surface area (Å²) in [6, 6.07) is 24.0. The summed E-state index contributed by atoms with van der Waals surface area (Å²) in [5.74, 6) is 1.72. The zero-order valence-corrected chi connectivity index (χ0v) is 30.9. The molecule has 5 saturated heterocycles. The van der Waals surface area contributed by atoms with Crippen LogP contribution in [0.25, 0.3) is 0 Å². The third-order valence-corrected chi connectivity index (χ3v) is 11.2. The molecule has 6 heterocycles. The third kappa shape index (κ3) is 7.78. The highest BCUT2D eigenvalue weighted by Crippen LogP contribution is 2.38. The number of nitrogens with one attached hydrogen (secondary N) is 4. The molecule has 0 spiro atoms. The summed E-state index contributed by atoms with van der Waals surface area (Å²) < 4.78 is 5.77. The summed E-state index contributed by atoms with van der Waals surface area (Å²) in [4.78, 5) is 52.8. The van der Waals surface area contributed by atoms with Crippen LogP contribution in [0.1, 0.15) is 43.6 Å². The number of anilines is 6. The number of amides is 3. The number of hydrogen-bond acceptors (Lipinski definition) is 11. The van der Waals surface area contributed by atoms with E-state index in [1.54, 1.807) is 13.3 Å². The fourth-order valence-corrected chi connectivity index (χ4v) is 8.22. The minimum absolute atomic E-state index is 0.197. The third-order valence-electron chi connectivity index (χ3n) is 11.0. The number of carbonyl (C=O) groups is 3. The Bertz CT molecular complexity index is 2000. The molecule has 3 aromatic carbocycles. The SMILES string of the molecule is COc1cc(N2CC3CC(C2)N3C(=O)CN2CCC(c3ccc(NC4CCC(=O)NC4=O)cc3)CC2)ccc1Nc1ncc(Cl)c(Nc2ccccc2)n1. The lowest BCUT2D eigenvalue weighted by atomic mass is 9.86. The number of aromatic nitrogens is 2. The molecule has 54 heavy (non-hydrogen) atoms. The molecule has 0 radical (unpaired) electrons. The van der Waals surface area contributed by atoms with Crippen LogP contribution in [-0.4, -0.2) is 95.4 Å². The summed E-state index contributed by atoms with van der Waals surface area (Å²) in [7, 11) is 1.64. The summed E-state index contributed by atoms with van der Waals surface area (Å²) in [6.07, 6.45) is 5.43. The Kier molecular flexibility index (Phi) is 10.2. The predicted molar refractivity (Wildman–Crippen MR) is 209 cm³/mol. The van der Waals surface area contributed by atoms with Crippen molar-refractivity contribution in [1.82, 2.24) is 25.1 Å². The fourth-order valence-electron chi connectivity index (χ4n) is 8.08. The minimum Gasteiger partial charge on any atom is -0.494 e. The average molecular weight is 750 g/mol. The molecule has 4 aromatic rings. The van der Waals surface area contributed by atoms with Gasteiger partial charge < -0.3 is 30.5 Å². The van der Waals surface area contributed by atoms with Crippen LogP contribution in [0.4, 0.5) is 34.5 Å². The van der Waals surface area contributed by atoms with Gasteiger partial charge in [0.15, 0.2) is 5.82 Å². The Balaban J connectivity index is 0.815. The molecule has 5 aliphatic heterocycles. The monoisotopic (exact) mass is 749 g/mol. The van der Waals surface area contributed by atoms with E-state index in [9.17, 15) is 14.4 Å². The van der Waals surface area contributed by atoms with Crippen molar-refractivity contribution in [2.75, 3.05) is 60.7 Å². The van der Waals surface area contributed by atoms with Crippen molar-refractivity contribution in [3.63, 3.8) is 0 Å². The normalized spacial score (nSPS) is 21.6. The zero-order valence-electron chi connectivity index (χ0n) is 30.1. The highest BCUT2D eigenvalue weighted by atomic mass is 35.5. The van der Waals surface area contributed by atoms with E-state index < -0.39 is 6.04 Å². The second kappa shape index (κ2) is 15.5. The number of benzene rings is 3. The van der Waals surface area contributed by atoms with Gasteiger partial charge in [0.25, 0.3) is 0 Å². The van der Waals surface area contributed by atoms with Gasteiger partial charge in [0, 0.05) is 42.6 Å². The molecule has 2 bridgehead atoms. The van der Waals surface area contributed by atoms with Crippen LogP contribution >= 0.6 is 11.6 Å². The van der Waals surface area contributed by atoms with E-state index in [0.717, 1.165) is 68.2 Å². The molecule has 0 aliphatic carbocycles. The Morgan fingerprint density at radius 1 is 0.944 bits per heavy atom. The lowest BCUT2D eigenvalue weighted by molar-refractivity contribution is -0.147. The molecule has 3 amide bonds. The van der Waals surface area contributed by atoms with E-state index in [0.29, 0.717) is 47.8 Å². The Labute approximate surface area is 319 Å². The summed E-state index contributed by atoms with van der Waals surface area (Å²) in [5, 5.41) is 12.6. The van der Waals surface area contributed by atoms with E-state index in [2.05, 4.69) is 64.1 Å². The van der Waals surface area contributed by atoms with E-state index in [-0.39, 0.29) is 29.8 Å². The molecular weight excluding hydrogens is 706 g/mol. The summed E-state index contributed by atoms with van der Waals surface area (Å²) >= 11 is 6.38. The Morgan fingerprint density at radius 2 is 1.70 bits per heavy atom. The molecule has 1 aromatic heterocycles. The van der Waals surface area contributed by atoms with Gasteiger partial charge in [0.2, 0.25) is 23.7 Å². The maximum atomic E-state index is 13.6. The lowest BCUT2D eigenvalue weighted by Gasteiger charge is -2.57. The standard InChI is InChI=1S/C40H44ClN9O4/c1-54-35-20-29(11-12-33(35)45-40-42-21-32(41)38(47-40)44-27-5-3-2-4-6-27)49-22-30-19-31(23-49)50(30)37(52)24-48-17-15-26(16-18-48)25-7-9-28(10-8-25)43-34-13-14-36(51)46-39(34)53/h2-12,20-21,26,30-31,34,43H,13-19,22-24H2,1H3,(H,46,51,53)(H2,42,44,45,47). The number of nitrogens with zero attached hydrogens (tertiary/aromatic N) is 5. The second-order valence-electron chi connectivity index (χ2n) is 14.5. The van der Waals surface area contributed by atoms with Crippen molar-refractivity contribution >= 4 is 63.8 Å². The Morgan fingerprint density at radius 3 is 2.43 bits per heavy atom. The molecule has 5 fully saturated rings. The molecule has 0 saturated carbocycles. The summed E-state index contributed by atoms with van der Waals surface area (Å²) in [6.45, 7) is 3.78. The number of ether oxygens (including phenoxy) is 1. The number of imide groups is 1. The van der Waals surface area contributed by atoms with Crippen LogP contribution in [0, 0.1) is 0 Å². The van der Waals surface area contributed by atoms with Gasteiger partial charge in [-0.25, -0.2) is 4.98 Å². The van der Waals surface area contributed by atoms with Gasteiger partial charge in [-0.2, -0.15) is 4.98 Å². The van der Waals surface area contributed by atoms with Crippen LogP contribution in [-0.2, 0) is 14.4 Å². The molecule has 3 atom stereocenters. The lowest BCUT2D eigenvalue weighted by Crippen LogP contribution is -2.71. The smallest absolute Gasteiger partial charge is 0.249 e. The number of halogens is 1. The van der Waals surface area contributed by atoms with Crippen LogP contribution in [0.15, 0.2) is 79.0 Å². The van der Waals surface area contributed by atoms with Crippen LogP contribution < -0.4 is 30.9 Å². The fraction of sp³-hybridized carbons (Fsp3) is 0.375. The first kappa shape index (κ1) is 35.6. The number of piperidine rings is 3. The van der Waals surface area contributed by atoms with Gasteiger partial charge in [-0.1, -0.05) is 41.9 Å². The number of piperazine rings is 1. The van der Waals surface area contributed by atoms with E-state index in [1.165, 1.54) is 5.56 Å². The number of hydrogen-bond donors (Lipinski definition) is 4. The molecule has 14 heteroatoms. The Hall–Kier alpha value is -5.40. The van der Waals surface area contributed by atoms with E-state index in [4.69, 9.17) is 16.3 Å². The first-order valence-electron chi connectivity index (χ1n) is 18.6. The molecule has 3 unspecified atom stereocenters. The van der Waals surface area contributed by atoms with E-state index >= 15 is 0 Å². The molecule has 4 N–H and O–H groups in total. The van der Waals surface area contributed by atoms with Crippen molar-refractivity contribution < 1.29 is 19.1 Å². The van der Waals surface area contributed by atoms with Crippen molar-refractivity contribution in [3.05, 3.63) is 89.6 Å². The van der Waals surface area contributed by atoms with Crippen LogP contribution in [0.3, 0.4) is 0 Å². The predicted octanol–water partition coefficient (Wildman–Crippen LogP) is 5.51. The quantitative estimate of drug-likeness (QED) is 0.144. The highest BCUT2D eigenvalue weighted by Gasteiger charge is 2.47. The molecule has 280 valence electrons.